The second kappa shape index (κ2) is 8.59. The number of benzene rings is 1. The molecule has 11 nitrogen and oxygen atoms in total. The number of hydrogen-bond donors (Lipinski definition) is 2. The van der Waals surface area contributed by atoms with Crippen LogP contribution in [0.4, 0.5) is 25.5 Å². The first-order valence-electron chi connectivity index (χ1n) is 11.3. The minimum absolute atomic E-state index is 0.125. The molecule has 2 saturated heterocycles. The molecular weight excluding hydrogens is 493 g/mol. The number of aromatic nitrogens is 1. The molecule has 13 heteroatoms. The number of nitrogens with zero attached hydrogens (tertiary/aromatic N) is 3. The van der Waals surface area contributed by atoms with Gasteiger partial charge in [0.15, 0.2) is 11.6 Å². The Labute approximate surface area is 209 Å². The Morgan fingerprint density at radius 3 is 2.78 bits per heavy atom. The smallest absolute Gasteiger partial charge is 0.321 e. The van der Waals surface area contributed by atoms with Crippen LogP contribution in [-0.2, 0) is 20.7 Å². The first kappa shape index (κ1) is 24.3. The standard InChI is InChI=1S/C23H24FN5O6S/c1-10-7-28-16-13(6-23(9-30,18(28)12(3)34-10)20(31)26-21(32)25-4)5-14-17(15(16)24)35-27-19(14)29-8-11(2)36-22(29)33/h5,9-10,12,18H,2,6-8H2,1,3-4H3,(H2,25,26,31,32)/t10-,12+,18-,23?/m1/s1. The number of rotatable bonds is 3. The third-order valence-electron chi connectivity index (χ3n) is 6.85. The average molecular weight is 518 g/mol. The predicted molar refractivity (Wildman–Crippen MR) is 129 cm³/mol. The number of imide groups is 1. The summed E-state index contributed by atoms with van der Waals surface area (Å²) in [6, 6.07) is -0.0764. The van der Waals surface area contributed by atoms with Gasteiger partial charge >= 0.3 is 6.03 Å². The lowest BCUT2D eigenvalue weighted by Crippen LogP contribution is -2.68. The Kier molecular flexibility index (Phi) is 5.79. The molecule has 4 heterocycles. The highest BCUT2D eigenvalue weighted by atomic mass is 32.2. The maximum atomic E-state index is 16.1. The highest BCUT2D eigenvalue weighted by Crippen LogP contribution is 2.49. The SMILES string of the molecule is C=C1CN(c2noc3c(F)c4c(cc23)CC(C=O)(C(=O)NC(=O)NC)[C@H]2[C@H](C)O[C@H](C)CN42)C(=O)S1. The van der Waals surface area contributed by atoms with E-state index in [4.69, 9.17) is 9.26 Å². The van der Waals surface area contributed by atoms with E-state index in [-0.39, 0.29) is 53.3 Å². The third kappa shape index (κ3) is 3.48. The minimum Gasteiger partial charge on any atom is -0.372 e. The topological polar surface area (TPSA) is 134 Å². The molecule has 0 aliphatic carbocycles. The number of hydrogen-bond acceptors (Lipinski definition) is 9. The van der Waals surface area contributed by atoms with Gasteiger partial charge in [0.1, 0.15) is 11.7 Å². The highest BCUT2D eigenvalue weighted by Gasteiger charge is 2.57. The zero-order chi connectivity index (χ0) is 25.9. The summed E-state index contributed by atoms with van der Waals surface area (Å²) in [5.74, 6) is -1.41. The molecule has 0 radical (unpaired) electrons. The summed E-state index contributed by atoms with van der Waals surface area (Å²) < 4.78 is 27.4. The highest BCUT2D eigenvalue weighted by molar-refractivity contribution is 8.17. The number of fused-ring (bicyclic) bond motifs is 4. The molecule has 36 heavy (non-hydrogen) atoms. The van der Waals surface area contributed by atoms with Crippen LogP contribution < -0.4 is 20.4 Å². The molecule has 2 aromatic rings. The van der Waals surface area contributed by atoms with Crippen LogP contribution >= 0.6 is 11.8 Å². The number of urea groups is 1. The first-order valence-corrected chi connectivity index (χ1v) is 12.1. The number of aldehydes is 1. The molecule has 1 aromatic carbocycles. The summed E-state index contributed by atoms with van der Waals surface area (Å²) >= 11 is 0.957. The number of amides is 4. The number of thioether (sulfide) groups is 1. The molecule has 5 rings (SSSR count). The average Bonchev–Trinajstić information content (AvgIpc) is 3.39. The van der Waals surface area contributed by atoms with E-state index in [0.29, 0.717) is 16.8 Å². The Morgan fingerprint density at radius 1 is 1.39 bits per heavy atom. The van der Waals surface area contributed by atoms with Crippen LogP contribution in [0.3, 0.4) is 0 Å². The number of anilines is 2. The van der Waals surface area contributed by atoms with Gasteiger partial charge in [-0.25, -0.2) is 9.18 Å². The molecule has 4 amide bonds. The van der Waals surface area contributed by atoms with Crippen molar-refractivity contribution in [3.05, 3.63) is 28.9 Å². The van der Waals surface area contributed by atoms with Crippen molar-refractivity contribution >= 4 is 57.7 Å². The molecule has 1 unspecified atom stereocenters. The Bertz CT molecular complexity index is 1330. The van der Waals surface area contributed by atoms with E-state index in [1.54, 1.807) is 24.8 Å². The molecule has 1 aromatic heterocycles. The largest absolute Gasteiger partial charge is 0.372 e. The van der Waals surface area contributed by atoms with Gasteiger partial charge in [0.2, 0.25) is 11.5 Å². The third-order valence-corrected chi connectivity index (χ3v) is 7.66. The number of carbonyl (C=O) groups is 4. The van der Waals surface area contributed by atoms with Crippen molar-refractivity contribution in [3.63, 3.8) is 0 Å². The van der Waals surface area contributed by atoms with Crippen molar-refractivity contribution in [2.24, 2.45) is 5.41 Å². The molecule has 2 N–H and O–H groups in total. The number of halogens is 1. The molecule has 0 spiro atoms. The number of carbonyl (C=O) groups excluding carboxylic acids is 4. The molecular formula is C23H24FN5O6S. The van der Waals surface area contributed by atoms with E-state index in [1.807, 2.05) is 0 Å². The Balaban J connectivity index is 1.70. The van der Waals surface area contributed by atoms with E-state index in [2.05, 4.69) is 22.4 Å². The molecule has 190 valence electrons. The van der Waals surface area contributed by atoms with Crippen LogP contribution in [0.2, 0.25) is 0 Å². The van der Waals surface area contributed by atoms with Crippen LogP contribution in [-0.4, -0.2) is 67.0 Å². The number of ether oxygens (including phenoxy) is 1. The van der Waals surface area contributed by atoms with Crippen LogP contribution in [0.15, 0.2) is 22.1 Å². The fraction of sp³-hybridized carbons (Fsp3) is 0.435. The van der Waals surface area contributed by atoms with Gasteiger partial charge in [-0.05, 0) is 43.7 Å². The van der Waals surface area contributed by atoms with Crippen LogP contribution in [0.1, 0.15) is 19.4 Å². The molecule has 3 aliphatic rings. The Hall–Kier alpha value is -3.45. The monoisotopic (exact) mass is 517 g/mol. The number of morpholine rings is 1. The van der Waals surface area contributed by atoms with E-state index in [1.165, 1.54) is 11.9 Å². The Morgan fingerprint density at radius 2 is 2.14 bits per heavy atom. The maximum absolute atomic E-state index is 16.1. The second-order valence-corrected chi connectivity index (χ2v) is 10.3. The van der Waals surface area contributed by atoms with Crippen molar-refractivity contribution in [1.29, 1.82) is 0 Å². The summed E-state index contributed by atoms with van der Waals surface area (Å²) in [6.45, 7) is 7.70. The quantitative estimate of drug-likeness (QED) is 0.465. The van der Waals surface area contributed by atoms with Gasteiger partial charge in [0.05, 0.1) is 35.9 Å². The predicted octanol–water partition coefficient (Wildman–Crippen LogP) is 2.33. The van der Waals surface area contributed by atoms with Gasteiger partial charge in [-0.3, -0.25) is 19.8 Å². The van der Waals surface area contributed by atoms with E-state index in [9.17, 15) is 19.2 Å². The minimum atomic E-state index is -1.76. The lowest BCUT2D eigenvalue weighted by atomic mass is 9.68. The summed E-state index contributed by atoms with van der Waals surface area (Å²) in [5, 5.41) is 8.38. The fourth-order valence-corrected chi connectivity index (χ4v) is 6.16. The van der Waals surface area contributed by atoms with Crippen molar-refractivity contribution in [1.82, 2.24) is 15.8 Å². The maximum Gasteiger partial charge on any atom is 0.321 e. The normalized spacial score (nSPS) is 27.6. The van der Waals surface area contributed by atoms with Gasteiger partial charge in [-0.2, -0.15) is 0 Å². The van der Waals surface area contributed by atoms with Crippen LogP contribution in [0.5, 0.6) is 0 Å². The second-order valence-electron chi connectivity index (χ2n) is 9.19. The zero-order valence-corrected chi connectivity index (χ0v) is 20.6. The first-order chi connectivity index (χ1) is 17.1. The van der Waals surface area contributed by atoms with Gasteiger partial charge in [0, 0.05) is 18.5 Å². The van der Waals surface area contributed by atoms with Crippen molar-refractivity contribution in [3.8, 4) is 0 Å². The molecule has 0 bridgehead atoms. The van der Waals surface area contributed by atoms with E-state index >= 15 is 4.39 Å². The van der Waals surface area contributed by atoms with Crippen molar-refractivity contribution < 1.29 is 32.8 Å². The van der Waals surface area contributed by atoms with Crippen LogP contribution in [0.25, 0.3) is 11.0 Å². The molecule has 2 fully saturated rings. The van der Waals surface area contributed by atoms with Gasteiger partial charge in [-0.1, -0.05) is 11.7 Å². The number of nitrogens with one attached hydrogen (secondary N) is 2. The fourth-order valence-electron chi connectivity index (χ4n) is 5.46. The van der Waals surface area contributed by atoms with E-state index < -0.39 is 35.3 Å². The van der Waals surface area contributed by atoms with Crippen molar-refractivity contribution in [2.45, 2.75) is 38.5 Å². The molecule has 4 atom stereocenters. The summed E-state index contributed by atoms with van der Waals surface area (Å²) in [4.78, 5) is 54.1. The van der Waals surface area contributed by atoms with Gasteiger partial charge in [0.25, 0.3) is 5.24 Å². The lowest BCUT2D eigenvalue weighted by Gasteiger charge is -2.53. The summed E-state index contributed by atoms with van der Waals surface area (Å²) in [6.07, 6.45) is -0.680. The summed E-state index contributed by atoms with van der Waals surface area (Å²) in [7, 11) is 1.35. The van der Waals surface area contributed by atoms with Crippen molar-refractivity contribution in [2.75, 3.05) is 29.9 Å². The van der Waals surface area contributed by atoms with Gasteiger partial charge < -0.3 is 24.3 Å². The van der Waals surface area contributed by atoms with Gasteiger partial charge in [-0.15, -0.1) is 0 Å². The zero-order valence-electron chi connectivity index (χ0n) is 19.8. The molecule has 0 saturated carbocycles. The van der Waals surface area contributed by atoms with E-state index in [0.717, 1.165) is 11.8 Å². The molecule has 3 aliphatic heterocycles. The lowest BCUT2D eigenvalue weighted by molar-refractivity contribution is -0.144. The van der Waals surface area contributed by atoms with Crippen LogP contribution in [0, 0.1) is 11.2 Å². The summed E-state index contributed by atoms with van der Waals surface area (Å²) in [5.41, 5.74) is -1.38.